The smallest absolute Gasteiger partial charge is 0.337 e. The van der Waals surface area contributed by atoms with E-state index in [9.17, 15) is 4.79 Å². The van der Waals surface area contributed by atoms with Crippen LogP contribution in [0.5, 0.6) is 11.5 Å². The standard InChI is InChI=1S/C12H17NO5/c1-7(6-16-2)18-11-4-8(12(14)15)9(13)5-10(11)17-3/h4-5,7H,6,13H2,1-3H3,(H,14,15). The van der Waals surface area contributed by atoms with Gasteiger partial charge in [0.25, 0.3) is 0 Å². The maximum Gasteiger partial charge on any atom is 0.337 e. The summed E-state index contributed by atoms with van der Waals surface area (Å²) in [5.74, 6) is -0.395. The molecule has 0 saturated heterocycles. The van der Waals surface area contributed by atoms with E-state index in [4.69, 9.17) is 25.1 Å². The maximum atomic E-state index is 11.0. The molecule has 0 aliphatic heterocycles. The molecule has 0 spiro atoms. The molecule has 0 aliphatic carbocycles. The minimum atomic E-state index is -1.11. The first kappa shape index (κ1) is 14.1. The van der Waals surface area contributed by atoms with Crippen molar-refractivity contribution in [1.29, 1.82) is 0 Å². The van der Waals surface area contributed by atoms with Crippen LogP contribution in [0.1, 0.15) is 17.3 Å². The van der Waals surface area contributed by atoms with E-state index >= 15 is 0 Å². The molecular formula is C12H17NO5. The number of aromatic carboxylic acids is 1. The first-order chi connectivity index (χ1) is 8.49. The van der Waals surface area contributed by atoms with Gasteiger partial charge in [0, 0.05) is 19.2 Å². The molecule has 0 heterocycles. The third-order valence-corrected chi connectivity index (χ3v) is 2.30. The van der Waals surface area contributed by atoms with Crippen LogP contribution in [-0.2, 0) is 4.74 Å². The zero-order valence-electron chi connectivity index (χ0n) is 10.6. The highest BCUT2D eigenvalue weighted by Gasteiger charge is 2.16. The van der Waals surface area contributed by atoms with Crippen molar-refractivity contribution in [2.24, 2.45) is 0 Å². The van der Waals surface area contributed by atoms with Gasteiger partial charge >= 0.3 is 5.97 Å². The van der Waals surface area contributed by atoms with Crippen molar-refractivity contribution < 1.29 is 24.1 Å². The normalized spacial score (nSPS) is 11.9. The van der Waals surface area contributed by atoms with Gasteiger partial charge in [-0.25, -0.2) is 4.79 Å². The number of nitrogen functional groups attached to an aromatic ring is 1. The summed E-state index contributed by atoms with van der Waals surface area (Å²) >= 11 is 0. The predicted octanol–water partition coefficient (Wildman–Crippen LogP) is 1.39. The topological polar surface area (TPSA) is 91.0 Å². The van der Waals surface area contributed by atoms with E-state index in [-0.39, 0.29) is 17.4 Å². The second-order valence-corrected chi connectivity index (χ2v) is 3.78. The molecule has 100 valence electrons. The van der Waals surface area contributed by atoms with Crippen LogP contribution in [0.4, 0.5) is 5.69 Å². The van der Waals surface area contributed by atoms with Crippen molar-refractivity contribution in [3.8, 4) is 11.5 Å². The Morgan fingerprint density at radius 3 is 2.56 bits per heavy atom. The van der Waals surface area contributed by atoms with Gasteiger partial charge in [-0.15, -0.1) is 0 Å². The number of rotatable bonds is 6. The van der Waals surface area contributed by atoms with Crippen LogP contribution in [0.2, 0.25) is 0 Å². The van der Waals surface area contributed by atoms with E-state index in [0.29, 0.717) is 18.1 Å². The second-order valence-electron chi connectivity index (χ2n) is 3.78. The number of hydrogen-bond donors (Lipinski definition) is 2. The van der Waals surface area contributed by atoms with Gasteiger partial charge in [0.1, 0.15) is 6.10 Å². The number of carboxylic acid groups (broad SMARTS) is 1. The first-order valence-electron chi connectivity index (χ1n) is 5.36. The summed E-state index contributed by atoms with van der Waals surface area (Å²) in [7, 11) is 3.02. The number of anilines is 1. The molecule has 0 radical (unpaired) electrons. The lowest BCUT2D eigenvalue weighted by Crippen LogP contribution is -2.18. The van der Waals surface area contributed by atoms with Crippen LogP contribution in [0.3, 0.4) is 0 Å². The highest BCUT2D eigenvalue weighted by molar-refractivity contribution is 5.94. The fourth-order valence-electron chi connectivity index (χ4n) is 1.50. The molecule has 1 unspecified atom stereocenters. The molecule has 0 aliphatic rings. The molecule has 6 heteroatoms. The van der Waals surface area contributed by atoms with Gasteiger partial charge < -0.3 is 25.1 Å². The van der Waals surface area contributed by atoms with E-state index < -0.39 is 5.97 Å². The van der Waals surface area contributed by atoms with Crippen molar-refractivity contribution in [3.63, 3.8) is 0 Å². The molecule has 0 bridgehead atoms. The van der Waals surface area contributed by atoms with Crippen LogP contribution in [0.25, 0.3) is 0 Å². The summed E-state index contributed by atoms with van der Waals surface area (Å²) in [6.07, 6.45) is -0.228. The number of methoxy groups -OCH3 is 2. The summed E-state index contributed by atoms with van der Waals surface area (Å²) < 4.78 is 15.6. The molecule has 1 aromatic rings. The summed E-state index contributed by atoms with van der Waals surface area (Å²) in [5.41, 5.74) is 5.73. The molecule has 0 saturated carbocycles. The van der Waals surface area contributed by atoms with Gasteiger partial charge in [0.15, 0.2) is 11.5 Å². The lowest BCUT2D eigenvalue weighted by Gasteiger charge is -2.17. The van der Waals surface area contributed by atoms with E-state index in [1.54, 1.807) is 14.0 Å². The number of carbonyl (C=O) groups is 1. The molecule has 6 nitrogen and oxygen atoms in total. The van der Waals surface area contributed by atoms with E-state index in [2.05, 4.69) is 0 Å². The molecule has 1 rings (SSSR count). The van der Waals surface area contributed by atoms with Gasteiger partial charge in [-0.1, -0.05) is 0 Å². The summed E-state index contributed by atoms with van der Waals surface area (Å²) in [4.78, 5) is 11.0. The molecule has 1 aromatic carbocycles. The Morgan fingerprint density at radius 1 is 1.39 bits per heavy atom. The SMILES string of the molecule is COCC(C)Oc1cc(C(=O)O)c(N)cc1OC. The quantitative estimate of drug-likeness (QED) is 0.746. The highest BCUT2D eigenvalue weighted by Crippen LogP contribution is 2.32. The Hall–Kier alpha value is -1.95. The summed E-state index contributed by atoms with van der Waals surface area (Å²) in [6.45, 7) is 2.19. The van der Waals surface area contributed by atoms with Crippen LogP contribution < -0.4 is 15.2 Å². The molecule has 0 fully saturated rings. The second kappa shape index (κ2) is 6.11. The molecule has 0 aromatic heterocycles. The minimum absolute atomic E-state index is 0.0181. The molecule has 1 atom stereocenters. The van der Waals surface area contributed by atoms with Crippen molar-refractivity contribution >= 4 is 11.7 Å². The van der Waals surface area contributed by atoms with E-state index in [1.165, 1.54) is 19.2 Å². The van der Waals surface area contributed by atoms with Gasteiger partial charge in [0.2, 0.25) is 0 Å². The number of nitrogens with two attached hydrogens (primary N) is 1. The Bertz CT molecular complexity index is 433. The van der Waals surface area contributed by atoms with Crippen molar-refractivity contribution in [2.75, 3.05) is 26.6 Å². The Morgan fingerprint density at radius 2 is 2.06 bits per heavy atom. The van der Waals surface area contributed by atoms with Crippen LogP contribution in [-0.4, -0.2) is 38.0 Å². The number of benzene rings is 1. The molecule has 18 heavy (non-hydrogen) atoms. The van der Waals surface area contributed by atoms with E-state index in [1.807, 2.05) is 0 Å². The Kier molecular flexibility index (Phi) is 4.79. The largest absolute Gasteiger partial charge is 0.493 e. The number of carboxylic acids is 1. The first-order valence-corrected chi connectivity index (χ1v) is 5.36. The highest BCUT2D eigenvalue weighted by atomic mass is 16.5. The van der Waals surface area contributed by atoms with Crippen molar-refractivity contribution in [3.05, 3.63) is 17.7 Å². The van der Waals surface area contributed by atoms with Crippen molar-refractivity contribution in [1.82, 2.24) is 0 Å². The Labute approximate surface area is 105 Å². The van der Waals surface area contributed by atoms with Crippen LogP contribution >= 0.6 is 0 Å². The Balaban J connectivity index is 3.07. The van der Waals surface area contributed by atoms with Gasteiger partial charge in [-0.2, -0.15) is 0 Å². The third-order valence-electron chi connectivity index (χ3n) is 2.30. The predicted molar refractivity (Wildman–Crippen MR) is 66.3 cm³/mol. The zero-order chi connectivity index (χ0) is 13.7. The number of hydrogen-bond acceptors (Lipinski definition) is 5. The molecular weight excluding hydrogens is 238 g/mol. The van der Waals surface area contributed by atoms with Crippen LogP contribution in [0, 0.1) is 0 Å². The zero-order valence-corrected chi connectivity index (χ0v) is 10.6. The monoisotopic (exact) mass is 255 g/mol. The minimum Gasteiger partial charge on any atom is -0.493 e. The lowest BCUT2D eigenvalue weighted by atomic mass is 10.1. The fraction of sp³-hybridized carbons (Fsp3) is 0.417. The van der Waals surface area contributed by atoms with E-state index in [0.717, 1.165) is 0 Å². The lowest BCUT2D eigenvalue weighted by molar-refractivity contribution is 0.0695. The van der Waals surface area contributed by atoms with Crippen LogP contribution in [0.15, 0.2) is 12.1 Å². The average Bonchev–Trinajstić information content (AvgIpc) is 2.30. The van der Waals surface area contributed by atoms with Crippen molar-refractivity contribution in [2.45, 2.75) is 13.0 Å². The third kappa shape index (κ3) is 3.27. The molecule has 3 N–H and O–H groups in total. The summed E-state index contributed by atoms with van der Waals surface area (Å²) in [6, 6.07) is 2.78. The summed E-state index contributed by atoms with van der Waals surface area (Å²) in [5, 5.41) is 8.99. The maximum absolute atomic E-state index is 11.0. The fourth-order valence-corrected chi connectivity index (χ4v) is 1.50. The van der Waals surface area contributed by atoms with Gasteiger partial charge in [-0.05, 0) is 6.92 Å². The van der Waals surface area contributed by atoms with Gasteiger partial charge in [-0.3, -0.25) is 0 Å². The average molecular weight is 255 g/mol. The number of ether oxygens (including phenoxy) is 3. The van der Waals surface area contributed by atoms with Gasteiger partial charge in [0.05, 0.1) is 25.0 Å². The molecule has 0 amide bonds.